The van der Waals surface area contributed by atoms with Gasteiger partial charge in [0.25, 0.3) is 11.7 Å². The Labute approximate surface area is 198 Å². The lowest BCUT2D eigenvalue weighted by Crippen LogP contribution is -2.29. The van der Waals surface area contributed by atoms with Crippen molar-refractivity contribution < 1.29 is 24.2 Å². The number of pyridine rings is 1. The topological polar surface area (TPSA) is 89.0 Å². The van der Waals surface area contributed by atoms with Gasteiger partial charge in [0.05, 0.1) is 31.5 Å². The van der Waals surface area contributed by atoms with E-state index >= 15 is 0 Å². The predicted molar refractivity (Wildman–Crippen MR) is 129 cm³/mol. The Morgan fingerprint density at radius 2 is 1.74 bits per heavy atom. The van der Waals surface area contributed by atoms with Crippen LogP contribution in [0.2, 0.25) is 0 Å². The number of amides is 1. The molecule has 1 aliphatic rings. The Balaban J connectivity index is 1.96. The van der Waals surface area contributed by atoms with Crippen molar-refractivity contribution in [2.75, 3.05) is 19.1 Å². The highest BCUT2D eigenvalue weighted by Gasteiger charge is 2.47. The number of anilines is 1. The van der Waals surface area contributed by atoms with Crippen LogP contribution in [0.15, 0.2) is 72.6 Å². The molecular formula is C27H26N2O5. The van der Waals surface area contributed by atoms with Gasteiger partial charge in [-0.3, -0.25) is 19.5 Å². The van der Waals surface area contributed by atoms with Gasteiger partial charge in [0, 0.05) is 18.0 Å². The van der Waals surface area contributed by atoms with Gasteiger partial charge in [-0.15, -0.1) is 0 Å². The fourth-order valence-corrected chi connectivity index (χ4v) is 4.25. The molecule has 174 valence electrons. The van der Waals surface area contributed by atoms with E-state index < -0.39 is 17.7 Å². The lowest BCUT2D eigenvalue weighted by molar-refractivity contribution is -0.132. The van der Waals surface area contributed by atoms with Gasteiger partial charge in [-0.1, -0.05) is 32.0 Å². The van der Waals surface area contributed by atoms with Crippen LogP contribution in [0.1, 0.15) is 42.5 Å². The fourth-order valence-electron chi connectivity index (χ4n) is 4.25. The fraction of sp³-hybridized carbons (Fsp3) is 0.222. The van der Waals surface area contributed by atoms with Crippen molar-refractivity contribution in [2.45, 2.75) is 25.8 Å². The van der Waals surface area contributed by atoms with Crippen molar-refractivity contribution in [2.24, 2.45) is 0 Å². The number of carbonyl (C=O) groups excluding carboxylic acids is 2. The molecule has 1 N–H and O–H groups in total. The van der Waals surface area contributed by atoms with Crippen LogP contribution in [0.5, 0.6) is 11.5 Å². The molecule has 7 nitrogen and oxygen atoms in total. The van der Waals surface area contributed by atoms with Crippen LogP contribution in [-0.2, 0) is 9.59 Å². The number of aliphatic hydroxyl groups is 1. The molecule has 34 heavy (non-hydrogen) atoms. The molecule has 2 heterocycles. The summed E-state index contributed by atoms with van der Waals surface area (Å²) in [6, 6.07) is 14.8. The van der Waals surface area contributed by atoms with Gasteiger partial charge in [0.1, 0.15) is 17.3 Å². The summed E-state index contributed by atoms with van der Waals surface area (Å²) in [5.74, 6) is -0.548. The second kappa shape index (κ2) is 9.39. The Hall–Kier alpha value is -4.13. The van der Waals surface area contributed by atoms with Crippen molar-refractivity contribution >= 4 is 23.1 Å². The first-order valence-corrected chi connectivity index (χ1v) is 10.9. The van der Waals surface area contributed by atoms with E-state index in [1.165, 1.54) is 12.0 Å². The van der Waals surface area contributed by atoms with Gasteiger partial charge >= 0.3 is 0 Å². The van der Waals surface area contributed by atoms with Gasteiger partial charge in [0.15, 0.2) is 0 Å². The summed E-state index contributed by atoms with van der Waals surface area (Å²) < 4.78 is 10.9. The SMILES string of the molecule is COc1ccc(/C(O)=C2/C(=O)C(=O)N(c3ccccc3OC)C2c2cccnc2)cc1C(C)C. The highest BCUT2D eigenvalue weighted by atomic mass is 16.5. The number of benzene rings is 2. The van der Waals surface area contributed by atoms with Gasteiger partial charge < -0.3 is 14.6 Å². The van der Waals surface area contributed by atoms with Gasteiger partial charge in [-0.25, -0.2) is 0 Å². The lowest BCUT2D eigenvalue weighted by Gasteiger charge is -2.26. The molecular weight excluding hydrogens is 432 g/mol. The second-order valence-corrected chi connectivity index (χ2v) is 8.24. The van der Waals surface area contributed by atoms with Crippen LogP contribution in [0, 0.1) is 0 Å². The van der Waals surface area contributed by atoms with E-state index in [-0.39, 0.29) is 17.3 Å². The number of hydrogen-bond donors (Lipinski definition) is 1. The van der Waals surface area contributed by atoms with Gasteiger partial charge in [0.2, 0.25) is 0 Å². The average Bonchev–Trinajstić information content (AvgIpc) is 3.13. The first-order chi connectivity index (χ1) is 16.4. The Morgan fingerprint density at radius 3 is 2.38 bits per heavy atom. The van der Waals surface area contributed by atoms with Crippen LogP contribution in [0.25, 0.3) is 5.76 Å². The van der Waals surface area contributed by atoms with Crippen LogP contribution in [0.3, 0.4) is 0 Å². The molecule has 0 spiro atoms. The van der Waals surface area contributed by atoms with E-state index in [1.807, 2.05) is 13.8 Å². The Kier molecular flexibility index (Phi) is 6.36. The number of nitrogens with zero attached hydrogens (tertiary/aromatic N) is 2. The number of Topliss-reactive ketones (excluding diaryl/α,β-unsaturated/α-hetero) is 1. The van der Waals surface area contributed by atoms with Crippen molar-refractivity contribution in [1.82, 2.24) is 4.98 Å². The minimum atomic E-state index is -0.880. The molecule has 1 saturated heterocycles. The van der Waals surface area contributed by atoms with E-state index in [0.29, 0.717) is 28.3 Å². The molecule has 1 aliphatic heterocycles. The number of hydrogen-bond acceptors (Lipinski definition) is 6. The van der Waals surface area contributed by atoms with Crippen LogP contribution < -0.4 is 14.4 Å². The summed E-state index contributed by atoms with van der Waals surface area (Å²) in [7, 11) is 3.08. The maximum Gasteiger partial charge on any atom is 0.300 e. The van der Waals surface area contributed by atoms with Crippen molar-refractivity contribution in [3.05, 3.63) is 89.3 Å². The summed E-state index contributed by atoms with van der Waals surface area (Å²) in [6.45, 7) is 4.02. The van der Waals surface area contributed by atoms with Crippen LogP contribution in [0.4, 0.5) is 5.69 Å². The average molecular weight is 459 g/mol. The maximum atomic E-state index is 13.3. The molecule has 1 aromatic heterocycles. The molecule has 1 amide bonds. The summed E-state index contributed by atoms with van der Waals surface area (Å²) in [6.07, 6.45) is 3.19. The number of para-hydroxylation sites is 2. The molecule has 1 fully saturated rings. The number of ether oxygens (including phenoxy) is 2. The van der Waals surface area contributed by atoms with E-state index in [1.54, 1.807) is 74.1 Å². The van der Waals surface area contributed by atoms with Crippen LogP contribution >= 0.6 is 0 Å². The molecule has 4 rings (SSSR count). The number of aliphatic hydroxyl groups excluding tert-OH is 1. The molecule has 0 saturated carbocycles. The third-order valence-corrected chi connectivity index (χ3v) is 5.91. The van der Waals surface area contributed by atoms with E-state index in [4.69, 9.17) is 9.47 Å². The first kappa shape index (κ1) is 23.0. The minimum Gasteiger partial charge on any atom is -0.507 e. The third kappa shape index (κ3) is 3.90. The Morgan fingerprint density at radius 1 is 1.00 bits per heavy atom. The largest absolute Gasteiger partial charge is 0.507 e. The quantitative estimate of drug-likeness (QED) is 0.323. The highest BCUT2D eigenvalue weighted by Crippen LogP contribution is 2.45. The predicted octanol–water partition coefficient (Wildman–Crippen LogP) is 4.85. The lowest BCUT2D eigenvalue weighted by atomic mass is 9.93. The zero-order chi connectivity index (χ0) is 24.4. The monoisotopic (exact) mass is 458 g/mol. The van der Waals surface area contributed by atoms with Crippen LogP contribution in [-0.4, -0.2) is 36.0 Å². The summed E-state index contributed by atoms with van der Waals surface area (Å²) in [5.41, 5.74) is 2.31. The summed E-state index contributed by atoms with van der Waals surface area (Å²) in [4.78, 5) is 32.2. The number of aromatic nitrogens is 1. The summed E-state index contributed by atoms with van der Waals surface area (Å²) in [5, 5.41) is 11.4. The third-order valence-electron chi connectivity index (χ3n) is 5.91. The number of rotatable bonds is 6. The standard InChI is InChI=1S/C27H26N2O5/c1-16(2)19-14-17(11-12-21(19)33-3)25(30)23-24(18-8-7-13-28-15-18)29(27(32)26(23)31)20-9-5-6-10-22(20)34-4/h5-16,24,30H,1-4H3/b25-23-. The van der Waals surface area contributed by atoms with E-state index in [0.717, 1.165) is 5.56 Å². The van der Waals surface area contributed by atoms with E-state index in [9.17, 15) is 14.7 Å². The second-order valence-electron chi connectivity index (χ2n) is 8.24. The van der Waals surface area contributed by atoms with E-state index in [2.05, 4.69) is 4.98 Å². The number of ketones is 1. The molecule has 0 radical (unpaired) electrons. The smallest absolute Gasteiger partial charge is 0.300 e. The van der Waals surface area contributed by atoms with Crippen molar-refractivity contribution in [3.8, 4) is 11.5 Å². The molecule has 1 unspecified atom stereocenters. The molecule has 3 aromatic rings. The maximum absolute atomic E-state index is 13.3. The normalized spacial score (nSPS) is 17.3. The highest BCUT2D eigenvalue weighted by molar-refractivity contribution is 6.51. The number of methoxy groups -OCH3 is 2. The van der Waals surface area contributed by atoms with Crippen molar-refractivity contribution in [3.63, 3.8) is 0 Å². The summed E-state index contributed by atoms with van der Waals surface area (Å²) >= 11 is 0. The Bertz CT molecular complexity index is 1270. The molecule has 0 aliphatic carbocycles. The van der Waals surface area contributed by atoms with Gasteiger partial charge in [-0.2, -0.15) is 0 Å². The molecule has 7 heteroatoms. The molecule has 0 bridgehead atoms. The number of carbonyl (C=O) groups is 2. The zero-order valence-corrected chi connectivity index (χ0v) is 19.5. The molecule has 2 aromatic carbocycles. The van der Waals surface area contributed by atoms with Crippen molar-refractivity contribution in [1.29, 1.82) is 0 Å². The first-order valence-electron chi connectivity index (χ1n) is 10.9. The molecule has 1 atom stereocenters. The minimum absolute atomic E-state index is 0.0104. The van der Waals surface area contributed by atoms with Gasteiger partial charge in [-0.05, 0) is 53.4 Å². The zero-order valence-electron chi connectivity index (χ0n) is 19.5.